The van der Waals surface area contributed by atoms with Gasteiger partial charge in [-0.3, -0.25) is 4.79 Å². The number of rotatable bonds is 7. The molecule has 0 aromatic carbocycles. The highest BCUT2D eigenvalue weighted by Crippen LogP contribution is 2.16. The molecule has 1 saturated heterocycles. The lowest BCUT2D eigenvalue weighted by Gasteiger charge is -2.34. The van der Waals surface area contributed by atoms with Crippen LogP contribution in [0.3, 0.4) is 0 Å². The van der Waals surface area contributed by atoms with Crippen LogP contribution in [0.15, 0.2) is 5.38 Å². The van der Waals surface area contributed by atoms with Crippen molar-refractivity contribution in [2.45, 2.75) is 58.4 Å². The van der Waals surface area contributed by atoms with Crippen molar-refractivity contribution in [2.24, 2.45) is 0 Å². The van der Waals surface area contributed by atoms with E-state index in [9.17, 15) is 4.79 Å². The number of piperidine rings is 1. The Labute approximate surface area is 156 Å². The molecule has 1 fully saturated rings. The first-order valence-electron chi connectivity index (χ1n) is 8.12. The van der Waals surface area contributed by atoms with Gasteiger partial charge in [0, 0.05) is 24.4 Å². The van der Waals surface area contributed by atoms with Gasteiger partial charge in [0.05, 0.1) is 10.7 Å². The van der Waals surface area contributed by atoms with Gasteiger partial charge < -0.3 is 10.2 Å². The number of hydrogen-bond acceptors (Lipinski definition) is 4. The van der Waals surface area contributed by atoms with Crippen molar-refractivity contribution in [3.63, 3.8) is 0 Å². The smallest absolute Gasteiger partial charge is 0.222 e. The van der Waals surface area contributed by atoms with Crippen molar-refractivity contribution in [3.05, 3.63) is 16.1 Å². The molecule has 1 aromatic heterocycles. The molecule has 4 nitrogen and oxygen atoms in total. The van der Waals surface area contributed by atoms with Crippen molar-refractivity contribution >= 4 is 42.1 Å². The Kier molecular flexibility index (Phi) is 11.9. The fraction of sp³-hybridized carbons (Fsp3) is 0.750. The molecule has 7 heteroatoms. The first kappa shape index (κ1) is 22.6. The maximum absolute atomic E-state index is 12.5. The number of nitrogens with zero attached hydrogens (tertiary/aromatic N) is 2. The number of carbonyl (C=O) groups excluding carboxylic acids is 1. The van der Waals surface area contributed by atoms with Crippen LogP contribution in [0.5, 0.6) is 0 Å². The standard InChI is InChI=1S/C16H27N3OS.2ClH/c1-3-11-19(15-7-9-17-10-8-15)16(20)6-4-5-14-12-21-13(2)18-14;;/h12,15,17H,3-11H2,1-2H3;2*1H. The molecule has 1 aliphatic rings. The Balaban J connectivity index is 0.00000242. The van der Waals surface area contributed by atoms with E-state index in [1.165, 1.54) is 0 Å². The van der Waals surface area contributed by atoms with E-state index < -0.39 is 0 Å². The summed E-state index contributed by atoms with van der Waals surface area (Å²) in [5.74, 6) is 0.329. The van der Waals surface area contributed by atoms with E-state index in [-0.39, 0.29) is 24.8 Å². The van der Waals surface area contributed by atoms with Crippen molar-refractivity contribution < 1.29 is 4.79 Å². The first-order valence-corrected chi connectivity index (χ1v) is 9.00. The maximum atomic E-state index is 12.5. The zero-order chi connectivity index (χ0) is 15.1. The van der Waals surface area contributed by atoms with Gasteiger partial charge in [0.25, 0.3) is 0 Å². The van der Waals surface area contributed by atoms with Gasteiger partial charge in [-0.15, -0.1) is 36.2 Å². The Morgan fingerprint density at radius 3 is 2.65 bits per heavy atom. The van der Waals surface area contributed by atoms with Crippen LogP contribution in [0.4, 0.5) is 0 Å². The van der Waals surface area contributed by atoms with Crippen molar-refractivity contribution in [1.29, 1.82) is 0 Å². The summed E-state index contributed by atoms with van der Waals surface area (Å²) in [5, 5.41) is 6.59. The van der Waals surface area contributed by atoms with Crippen molar-refractivity contribution in [3.8, 4) is 0 Å². The fourth-order valence-electron chi connectivity index (χ4n) is 2.96. The highest BCUT2D eigenvalue weighted by molar-refractivity contribution is 7.09. The van der Waals surface area contributed by atoms with Gasteiger partial charge in [0.1, 0.15) is 0 Å². The van der Waals surface area contributed by atoms with Crippen molar-refractivity contribution in [2.75, 3.05) is 19.6 Å². The Hall–Kier alpha value is -0.360. The third-order valence-corrected chi connectivity index (χ3v) is 4.85. The minimum Gasteiger partial charge on any atom is -0.340 e. The zero-order valence-corrected chi connectivity index (χ0v) is 16.5. The number of aromatic nitrogens is 1. The molecule has 2 heterocycles. The van der Waals surface area contributed by atoms with Crippen LogP contribution >= 0.6 is 36.2 Å². The third-order valence-electron chi connectivity index (χ3n) is 4.02. The summed E-state index contributed by atoms with van der Waals surface area (Å²) < 4.78 is 0. The van der Waals surface area contributed by atoms with E-state index in [2.05, 4.69) is 27.5 Å². The fourth-order valence-corrected chi connectivity index (χ4v) is 3.60. The van der Waals surface area contributed by atoms with Gasteiger partial charge in [-0.05, 0) is 52.1 Å². The highest BCUT2D eigenvalue weighted by Gasteiger charge is 2.24. The second-order valence-corrected chi connectivity index (χ2v) is 6.84. The van der Waals surface area contributed by atoms with Crippen LogP contribution in [0.2, 0.25) is 0 Å². The largest absolute Gasteiger partial charge is 0.340 e. The molecule has 1 N–H and O–H groups in total. The van der Waals surface area contributed by atoms with E-state index in [1.54, 1.807) is 11.3 Å². The quantitative estimate of drug-likeness (QED) is 0.784. The monoisotopic (exact) mass is 381 g/mol. The lowest BCUT2D eigenvalue weighted by molar-refractivity contribution is -0.134. The van der Waals surface area contributed by atoms with E-state index in [0.717, 1.165) is 62.4 Å². The van der Waals surface area contributed by atoms with Gasteiger partial charge in [-0.25, -0.2) is 4.98 Å². The Morgan fingerprint density at radius 2 is 2.09 bits per heavy atom. The lowest BCUT2D eigenvalue weighted by Crippen LogP contribution is -2.46. The summed E-state index contributed by atoms with van der Waals surface area (Å²) in [7, 11) is 0. The minimum absolute atomic E-state index is 0. The molecule has 1 aromatic rings. The van der Waals surface area contributed by atoms with E-state index in [1.807, 2.05) is 6.92 Å². The normalized spacial score (nSPS) is 14.7. The number of hydrogen-bond donors (Lipinski definition) is 1. The van der Waals surface area contributed by atoms with E-state index in [0.29, 0.717) is 18.4 Å². The number of amides is 1. The van der Waals surface area contributed by atoms with Gasteiger partial charge in [0.15, 0.2) is 0 Å². The topological polar surface area (TPSA) is 45.2 Å². The molecule has 134 valence electrons. The molecule has 1 aliphatic heterocycles. The minimum atomic E-state index is 0. The molecule has 2 rings (SSSR count). The summed E-state index contributed by atoms with van der Waals surface area (Å²) in [6, 6.07) is 0.445. The highest BCUT2D eigenvalue weighted by atomic mass is 35.5. The second kappa shape index (κ2) is 12.1. The molecule has 23 heavy (non-hydrogen) atoms. The molecule has 0 radical (unpaired) electrons. The van der Waals surface area contributed by atoms with E-state index in [4.69, 9.17) is 0 Å². The predicted octanol–water partition coefficient (Wildman–Crippen LogP) is 3.61. The number of nitrogens with one attached hydrogen (secondary N) is 1. The third kappa shape index (κ3) is 7.38. The number of thiazole rings is 1. The van der Waals surface area contributed by atoms with Crippen LogP contribution in [0.25, 0.3) is 0 Å². The summed E-state index contributed by atoms with van der Waals surface area (Å²) in [6.07, 6.45) is 5.71. The summed E-state index contributed by atoms with van der Waals surface area (Å²) in [6.45, 7) is 7.16. The summed E-state index contributed by atoms with van der Waals surface area (Å²) in [4.78, 5) is 19.1. The lowest BCUT2D eigenvalue weighted by atomic mass is 10.0. The molecule has 0 aliphatic carbocycles. The zero-order valence-electron chi connectivity index (χ0n) is 14.0. The van der Waals surface area contributed by atoms with Crippen LogP contribution in [-0.4, -0.2) is 41.5 Å². The number of halogens is 2. The maximum Gasteiger partial charge on any atom is 0.222 e. The number of aryl methyl sites for hydroxylation is 2. The van der Waals surface area contributed by atoms with Crippen LogP contribution in [0, 0.1) is 6.92 Å². The van der Waals surface area contributed by atoms with Crippen molar-refractivity contribution in [1.82, 2.24) is 15.2 Å². The second-order valence-electron chi connectivity index (χ2n) is 5.78. The molecular formula is C16H29Cl2N3OS. The van der Waals surface area contributed by atoms with Crippen LogP contribution in [-0.2, 0) is 11.2 Å². The molecular weight excluding hydrogens is 353 g/mol. The molecule has 1 amide bonds. The van der Waals surface area contributed by atoms with Crippen LogP contribution in [0.1, 0.15) is 49.7 Å². The van der Waals surface area contributed by atoms with Gasteiger partial charge >= 0.3 is 0 Å². The van der Waals surface area contributed by atoms with Gasteiger partial charge in [-0.2, -0.15) is 0 Å². The van der Waals surface area contributed by atoms with Gasteiger partial charge in [0.2, 0.25) is 5.91 Å². The molecule has 0 bridgehead atoms. The average molecular weight is 382 g/mol. The molecule has 0 saturated carbocycles. The average Bonchev–Trinajstić information content (AvgIpc) is 2.91. The predicted molar refractivity (Wildman–Crippen MR) is 102 cm³/mol. The van der Waals surface area contributed by atoms with Crippen LogP contribution < -0.4 is 5.32 Å². The molecule has 0 atom stereocenters. The molecule has 0 spiro atoms. The van der Waals surface area contributed by atoms with E-state index >= 15 is 0 Å². The summed E-state index contributed by atoms with van der Waals surface area (Å²) >= 11 is 1.69. The Bertz CT molecular complexity index is 450. The van der Waals surface area contributed by atoms with Gasteiger partial charge in [-0.1, -0.05) is 6.92 Å². The Morgan fingerprint density at radius 1 is 1.39 bits per heavy atom. The summed E-state index contributed by atoms with van der Waals surface area (Å²) in [5.41, 5.74) is 1.13. The first-order chi connectivity index (χ1) is 10.2. The molecule has 0 unspecified atom stereocenters. The number of carbonyl (C=O) groups is 1. The SMILES string of the molecule is CCCN(C(=O)CCCc1csc(C)n1)C1CCNCC1.Cl.Cl.